The molecule has 182 valence electrons. The van der Waals surface area contributed by atoms with E-state index in [1.165, 1.54) is 18.2 Å². The van der Waals surface area contributed by atoms with Gasteiger partial charge in [-0.3, -0.25) is 4.79 Å². The number of hydrogen-bond donors (Lipinski definition) is 3. The van der Waals surface area contributed by atoms with Crippen molar-refractivity contribution in [2.24, 2.45) is 0 Å². The molecule has 0 saturated carbocycles. The Morgan fingerprint density at radius 3 is 2.74 bits per heavy atom. The van der Waals surface area contributed by atoms with Crippen LogP contribution in [0.5, 0.6) is 5.88 Å². The van der Waals surface area contributed by atoms with Gasteiger partial charge in [-0.15, -0.1) is 0 Å². The molecule has 3 rings (SSSR count). The predicted octanol–water partition coefficient (Wildman–Crippen LogP) is 4.66. The van der Waals surface area contributed by atoms with Gasteiger partial charge in [0.05, 0.1) is 6.61 Å². The molecule has 0 aliphatic carbocycles. The van der Waals surface area contributed by atoms with Crippen LogP contribution in [0.3, 0.4) is 0 Å². The summed E-state index contributed by atoms with van der Waals surface area (Å²) < 4.78 is 41.4. The minimum atomic E-state index is -0.924. The maximum Gasteiger partial charge on any atom is 0.287 e. The summed E-state index contributed by atoms with van der Waals surface area (Å²) in [6.45, 7) is 5.43. The Morgan fingerprint density at radius 2 is 2.00 bits per heavy atom. The van der Waals surface area contributed by atoms with Crippen LogP contribution < -0.4 is 14.8 Å². The summed E-state index contributed by atoms with van der Waals surface area (Å²) in [4.78, 5) is 20.8. The van der Waals surface area contributed by atoms with Crippen molar-refractivity contribution in [2.75, 3.05) is 17.9 Å². The summed E-state index contributed by atoms with van der Waals surface area (Å²) in [5, 5.41) is 12.5. The number of halogens is 2. The summed E-state index contributed by atoms with van der Waals surface area (Å²) in [5.41, 5.74) is -0.222. The highest BCUT2D eigenvalue weighted by Crippen LogP contribution is 2.28. The number of hydrogen-bond acceptors (Lipinski definition) is 9. The number of amides is 1. The second-order valence-electron chi connectivity index (χ2n) is 7.97. The van der Waals surface area contributed by atoms with Crippen molar-refractivity contribution in [3.8, 4) is 5.88 Å². The molecule has 12 heteroatoms. The van der Waals surface area contributed by atoms with Gasteiger partial charge in [-0.05, 0) is 39.0 Å². The van der Waals surface area contributed by atoms with Crippen LogP contribution in [0.4, 0.5) is 14.6 Å². The van der Waals surface area contributed by atoms with E-state index in [2.05, 4.69) is 20.0 Å². The maximum absolute atomic E-state index is 14.0. The van der Waals surface area contributed by atoms with E-state index >= 15 is 0 Å². The van der Waals surface area contributed by atoms with Gasteiger partial charge < -0.3 is 24.3 Å². The molecule has 8 nitrogen and oxygen atoms in total. The number of furan rings is 1. The van der Waals surface area contributed by atoms with E-state index < -0.39 is 17.2 Å². The first-order valence-corrected chi connectivity index (χ1v) is 12.0. The van der Waals surface area contributed by atoms with Gasteiger partial charge in [0.2, 0.25) is 5.88 Å². The molecule has 0 atom stereocenters. The van der Waals surface area contributed by atoms with Crippen molar-refractivity contribution in [3.63, 3.8) is 0 Å². The normalized spacial score (nSPS) is 11.4. The molecule has 0 bridgehead atoms. The number of carbonyl (C=O) groups is 1. The van der Waals surface area contributed by atoms with Crippen LogP contribution >= 0.6 is 23.7 Å². The molecule has 1 aromatic carbocycles. The molecular weight excluding hydrogens is 486 g/mol. The molecule has 3 aromatic rings. The van der Waals surface area contributed by atoms with Crippen molar-refractivity contribution in [1.29, 1.82) is 0 Å². The number of aliphatic hydroxyl groups excluding tert-OH is 1. The molecule has 0 saturated heterocycles. The smallest absolute Gasteiger partial charge is 0.287 e. The van der Waals surface area contributed by atoms with E-state index in [0.29, 0.717) is 10.9 Å². The Bertz CT molecular complexity index is 1140. The number of aliphatic hydroxyl groups is 1. The van der Waals surface area contributed by atoms with Crippen LogP contribution in [0, 0.1) is 11.6 Å². The summed E-state index contributed by atoms with van der Waals surface area (Å²) in [6, 6.07) is 8.69. The fourth-order valence-electron chi connectivity index (χ4n) is 2.55. The van der Waals surface area contributed by atoms with Gasteiger partial charge >= 0.3 is 0 Å². The minimum Gasteiger partial charge on any atom is -0.475 e. The lowest BCUT2D eigenvalue weighted by atomic mass is 10.1. The zero-order valence-electron chi connectivity index (χ0n) is 18.7. The van der Waals surface area contributed by atoms with Crippen LogP contribution in [0.15, 0.2) is 51.1 Å². The molecule has 0 unspecified atom stereocenters. The summed E-state index contributed by atoms with van der Waals surface area (Å²) in [5.74, 6) is -1.35. The Labute approximate surface area is 204 Å². The molecule has 2 heterocycles. The van der Waals surface area contributed by atoms with Crippen LogP contribution in [-0.2, 0) is 5.75 Å². The van der Waals surface area contributed by atoms with Gasteiger partial charge in [0, 0.05) is 34.9 Å². The monoisotopic (exact) mass is 510 g/mol. The molecule has 0 aliphatic heterocycles. The number of rotatable bonds is 10. The van der Waals surface area contributed by atoms with Crippen LogP contribution in [0.1, 0.15) is 36.9 Å². The lowest BCUT2D eigenvalue weighted by Gasteiger charge is -2.19. The summed E-state index contributed by atoms with van der Waals surface area (Å²) in [6.07, 6.45) is 0. The molecular formula is C22H24F2N4O4S2. The Kier molecular flexibility index (Phi) is 8.75. The molecule has 34 heavy (non-hydrogen) atoms. The highest BCUT2D eigenvalue weighted by atomic mass is 32.2. The summed E-state index contributed by atoms with van der Waals surface area (Å²) >= 11 is 2.18. The van der Waals surface area contributed by atoms with Gasteiger partial charge in [0.25, 0.3) is 5.91 Å². The molecule has 3 N–H and O–H groups in total. The molecule has 0 aliphatic rings. The molecule has 0 radical (unpaired) electrons. The number of carbonyl (C=O) groups excluding carboxylic acids is 1. The van der Waals surface area contributed by atoms with Crippen LogP contribution in [0.25, 0.3) is 0 Å². The van der Waals surface area contributed by atoms with Crippen LogP contribution in [0.2, 0.25) is 0 Å². The Balaban J connectivity index is 1.69. The molecule has 0 spiro atoms. The maximum atomic E-state index is 14.0. The van der Waals surface area contributed by atoms with Crippen molar-refractivity contribution < 1.29 is 27.8 Å². The number of ether oxygens (including phenoxy) is 1. The van der Waals surface area contributed by atoms with E-state index in [1.54, 1.807) is 12.1 Å². The largest absolute Gasteiger partial charge is 0.475 e. The van der Waals surface area contributed by atoms with Crippen molar-refractivity contribution in [1.82, 2.24) is 15.3 Å². The lowest BCUT2D eigenvalue weighted by Crippen LogP contribution is -2.40. The number of thioether (sulfide) groups is 1. The van der Waals surface area contributed by atoms with E-state index in [-0.39, 0.29) is 47.2 Å². The fraction of sp³-hybridized carbons (Fsp3) is 0.318. The second kappa shape index (κ2) is 11.5. The fourth-order valence-corrected chi connectivity index (χ4v) is 3.95. The van der Waals surface area contributed by atoms with E-state index in [4.69, 9.17) is 14.3 Å². The quantitative estimate of drug-likeness (QED) is 0.204. The van der Waals surface area contributed by atoms with Gasteiger partial charge in [0.15, 0.2) is 27.6 Å². The molecule has 2 aromatic heterocycles. The number of aromatic nitrogens is 2. The number of nitrogens with zero attached hydrogens (tertiary/aromatic N) is 2. The van der Waals surface area contributed by atoms with E-state index in [9.17, 15) is 13.6 Å². The van der Waals surface area contributed by atoms with E-state index in [1.807, 2.05) is 20.8 Å². The number of nitrogens with one attached hydrogen (secondary N) is 2. The Morgan fingerprint density at radius 1 is 1.21 bits per heavy atom. The van der Waals surface area contributed by atoms with Gasteiger partial charge in [0.1, 0.15) is 12.4 Å². The Hall–Kier alpha value is -2.83. The number of benzene rings is 1. The summed E-state index contributed by atoms with van der Waals surface area (Å²) in [7, 11) is 0. The average molecular weight is 511 g/mol. The average Bonchev–Trinajstić information content (AvgIpc) is 3.25. The predicted molar refractivity (Wildman–Crippen MR) is 126 cm³/mol. The first-order chi connectivity index (χ1) is 16.1. The standard InChI is InChI=1S/C22H24F2N4O4S2/c1-22(2,3)27-20(30)15-7-8-18(32-15)34-28-16-11-17(31-10-9-29)26-21(25-16)33-12-13-5-4-6-14(23)19(13)24/h4-8,11,29H,9-10,12H2,1-3H3,(H,27,30)(H,25,26,28). The second-order valence-corrected chi connectivity index (χ2v) is 9.73. The first-order valence-electron chi connectivity index (χ1n) is 10.2. The number of anilines is 1. The lowest BCUT2D eigenvalue weighted by molar-refractivity contribution is 0.0886. The van der Waals surface area contributed by atoms with Crippen molar-refractivity contribution in [3.05, 3.63) is 59.4 Å². The zero-order valence-corrected chi connectivity index (χ0v) is 20.4. The highest BCUT2D eigenvalue weighted by Gasteiger charge is 2.18. The van der Waals surface area contributed by atoms with Gasteiger partial charge in [-0.2, -0.15) is 4.98 Å². The molecule has 1 amide bonds. The third-order valence-electron chi connectivity index (χ3n) is 3.96. The van der Waals surface area contributed by atoms with Gasteiger partial charge in [-0.25, -0.2) is 13.8 Å². The topological polar surface area (TPSA) is 110 Å². The highest BCUT2D eigenvalue weighted by molar-refractivity contribution is 8.00. The van der Waals surface area contributed by atoms with Crippen molar-refractivity contribution in [2.45, 2.75) is 42.3 Å². The van der Waals surface area contributed by atoms with Crippen molar-refractivity contribution >= 4 is 35.4 Å². The molecule has 0 fully saturated rings. The first kappa shape index (κ1) is 25.8. The van der Waals surface area contributed by atoms with Gasteiger partial charge in [-0.1, -0.05) is 23.9 Å². The third kappa shape index (κ3) is 7.61. The van der Waals surface area contributed by atoms with Crippen LogP contribution in [-0.4, -0.2) is 39.7 Å². The van der Waals surface area contributed by atoms with E-state index in [0.717, 1.165) is 29.8 Å². The zero-order chi connectivity index (χ0) is 24.7. The minimum absolute atomic E-state index is 0.0245. The SMILES string of the molecule is CC(C)(C)NC(=O)c1ccc(SNc2cc(OCCO)nc(SCc3cccc(F)c3F)n2)o1. The third-order valence-corrected chi connectivity index (χ3v) is 5.59.